The Kier molecular flexibility index (Phi) is 5.68. The van der Waals surface area contributed by atoms with Crippen LogP contribution in [0.5, 0.6) is 5.75 Å². The number of hydrogen-bond acceptors (Lipinski definition) is 2. The van der Waals surface area contributed by atoms with Gasteiger partial charge in [-0.1, -0.05) is 42.0 Å². The van der Waals surface area contributed by atoms with Crippen molar-refractivity contribution in [3.63, 3.8) is 0 Å². The monoisotopic (exact) mass is 358 g/mol. The van der Waals surface area contributed by atoms with Crippen LogP contribution in [-0.4, -0.2) is 5.97 Å². The highest BCUT2D eigenvalue weighted by Gasteiger charge is 2.11. The Morgan fingerprint density at radius 3 is 2.37 bits per heavy atom. The highest BCUT2D eigenvalue weighted by Crippen LogP contribution is 2.25. The largest absolute Gasteiger partial charge is 0.423 e. The van der Waals surface area contributed by atoms with Crippen LogP contribution in [0.2, 0.25) is 0 Å². The average molecular weight is 358 g/mol. The van der Waals surface area contributed by atoms with E-state index in [1.165, 1.54) is 6.07 Å². The number of esters is 1. The lowest BCUT2D eigenvalue weighted by Crippen LogP contribution is -2.08. The van der Waals surface area contributed by atoms with E-state index in [-0.39, 0.29) is 5.82 Å². The molecule has 0 aliphatic rings. The Labute approximate surface area is 158 Å². The molecular formula is C24H19FO2. The standard InChI is InChI=1S/C24H19FO2/c1-3-4-5-18-8-15-22(23(25)16-18)19-9-11-20(12-10-19)24(26)27-21-13-6-17(2)7-14-21/h1,6-16H,4-5H2,2H3. The van der Waals surface area contributed by atoms with Crippen molar-refractivity contribution in [1.82, 2.24) is 0 Å². The minimum atomic E-state index is -0.449. The van der Waals surface area contributed by atoms with E-state index in [4.69, 9.17) is 11.2 Å². The number of terminal acetylenes is 1. The number of halogens is 1. The fourth-order valence-corrected chi connectivity index (χ4v) is 2.72. The zero-order chi connectivity index (χ0) is 19.2. The van der Waals surface area contributed by atoms with Crippen molar-refractivity contribution in [2.45, 2.75) is 19.8 Å². The first-order chi connectivity index (χ1) is 13.1. The predicted molar refractivity (Wildman–Crippen MR) is 105 cm³/mol. The number of hydrogen-bond donors (Lipinski definition) is 0. The molecule has 2 nitrogen and oxygen atoms in total. The Hall–Kier alpha value is -3.38. The Morgan fingerprint density at radius 2 is 1.74 bits per heavy atom. The number of aryl methyl sites for hydroxylation is 2. The molecule has 0 N–H and O–H groups in total. The summed E-state index contributed by atoms with van der Waals surface area (Å²) >= 11 is 0. The molecule has 3 aromatic rings. The highest BCUT2D eigenvalue weighted by atomic mass is 19.1. The lowest BCUT2D eigenvalue weighted by molar-refractivity contribution is 0.0735. The molecule has 0 aliphatic heterocycles. The topological polar surface area (TPSA) is 26.3 Å². The fraction of sp³-hybridized carbons (Fsp3) is 0.125. The van der Waals surface area contributed by atoms with Gasteiger partial charge in [0.25, 0.3) is 0 Å². The molecule has 3 aromatic carbocycles. The van der Waals surface area contributed by atoms with Gasteiger partial charge in [-0.05, 0) is 54.8 Å². The number of benzene rings is 3. The third-order valence-corrected chi connectivity index (χ3v) is 4.25. The number of rotatable bonds is 5. The van der Waals surface area contributed by atoms with Crippen LogP contribution in [0.4, 0.5) is 4.39 Å². The molecular weight excluding hydrogens is 339 g/mol. The normalized spacial score (nSPS) is 10.3. The average Bonchev–Trinajstić information content (AvgIpc) is 2.68. The minimum Gasteiger partial charge on any atom is -0.423 e. The maximum absolute atomic E-state index is 14.4. The van der Waals surface area contributed by atoms with Crippen molar-refractivity contribution in [3.8, 4) is 29.2 Å². The van der Waals surface area contributed by atoms with E-state index in [0.717, 1.165) is 11.1 Å². The van der Waals surface area contributed by atoms with Crippen LogP contribution >= 0.6 is 0 Å². The molecule has 0 saturated heterocycles. The second-order valence-corrected chi connectivity index (χ2v) is 6.30. The highest BCUT2D eigenvalue weighted by molar-refractivity contribution is 5.91. The third-order valence-electron chi connectivity index (χ3n) is 4.25. The van der Waals surface area contributed by atoms with Crippen LogP contribution in [-0.2, 0) is 6.42 Å². The molecule has 0 aliphatic carbocycles. The summed E-state index contributed by atoms with van der Waals surface area (Å²) in [5.74, 6) is 2.29. The molecule has 27 heavy (non-hydrogen) atoms. The van der Waals surface area contributed by atoms with Crippen molar-refractivity contribution < 1.29 is 13.9 Å². The number of carbonyl (C=O) groups is 1. The smallest absolute Gasteiger partial charge is 0.343 e. The van der Waals surface area contributed by atoms with E-state index in [0.29, 0.717) is 35.3 Å². The van der Waals surface area contributed by atoms with Gasteiger partial charge in [0.05, 0.1) is 5.56 Å². The first-order valence-corrected chi connectivity index (χ1v) is 8.68. The van der Waals surface area contributed by atoms with Crippen molar-refractivity contribution in [2.24, 2.45) is 0 Å². The number of carbonyl (C=O) groups excluding carboxylic acids is 1. The minimum absolute atomic E-state index is 0.306. The summed E-state index contributed by atoms with van der Waals surface area (Å²) < 4.78 is 19.7. The second-order valence-electron chi connectivity index (χ2n) is 6.30. The lowest BCUT2D eigenvalue weighted by atomic mass is 10.0. The quantitative estimate of drug-likeness (QED) is 0.338. The summed E-state index contributed by atoms with van der Waals surface area (Å²) in [5, 5.41) is 0. The van der Waals surface area contributed by atoms with Gasteiger partial charge in [-0.25, -0.2) is 9.18 Å². The molecule has 0 spiro atoms. The van der Waals surface area contributed by atoms with Gasteiger partial charge in [-0.2, -0.15) is 0 Å². The van der Waals surface area contributed by atoms with Gasteiger partial charge in [0.2, 0.25) is 0 Å². The van der Waals surface area contributed by atoms with E-state index < -0.39 is 5.97 Å². The maximum Gasteiger partial charge on any atom is 0.343 e. The van der Waals surface area contributed by atoms with Crippen molar-refractivity contribution >= 4 is 5.97 Å². The molecule has 0 aromatic heterocycles. The van der Waals surface area contributed by atoms with Crippen LogP contribution in [0.3, 0.4) is 0 Å². The van der Waals surface area contributed by atoms with Crippen LogP contribution < -0.4 is 4.74 Å². The summed E-state index contributed by atoms with van der Waals surface area (Å²) in [6.07, 6.45) is 6.48. The SMILES string of the molecule is C#CCCc1ccc(-c2ccc(C(=O)Oc3ccc(C)cc3)cc2)c(F)c1. The molecule has 0 saturated carbocycles. The van der Waals surface area contributed by atoms with Gasteiger partial charge >= 0.3 is 5.97 Å². The van der Waals surface area contributed by atoms with Gasteiger partial charge in [0, 0.05) is 12.0 Å². The summed E-state index contributed by atoms with van der Waals surface area (Å²) in [6, 6.07) is 19.1. The van der Waals surface area contributed by atoms with Gasteiger partial charge < -0.3 is 4.74 Å². The summed E-state index contributed by atoms with van der Waals surface area (Å²) in [4.78, 5) is 12.2. The van der Waals surface area contributed by atoms with E-state index >= 15 is 0 Å². The zero-order valence-electron chi connectivity index (χ0n) is 15.0. The maximum atomic E-state index is 14.4. The summed E-state index contributed by atoms with van der Waals surface area (Å²) in [5.41, 5.74) is 3.55. The predicted octanol–water partition coefficient (Wildman–Crippen LogP) is 5.59. The van der Waals surface area contributed by atoms with Crippen LogP contribution in [0.25, 0.3) is 11.1 Å². The second kappa shape index (κ2) is 8.33. The first-order valence-electron chi connectivity index (χ1n) is 8.68. The lowest BCUT2D eigenvalue weighted by Gasteiger charge is -2.08. The molecule has 0 heterocycles. The van der Waals surface area contributed by atoms with E-state index in [1.54, 1.807) is 42.5 Å². The summed E-state index contributed by atoms with van der Waals surface area (Å²) in [6.45, 7) is 1.96. The third kappa shape index (κ3) is 4.62. The van der Waals surface area contributed by atoms with Gasteiger partial charge in [0.15, 0.2) is 0 Å². The first kappa shape index (κ1) is 18.4. The molecule has 0 fully saturated rings. The van der Waals surface area contributed by atoms with Crippen LogP contribution in [0, 0.1) is 25.1 Å². The molecule has 0 unspecified atom stereocenters. The molecule has 0 radical (unpaired) electrons. The molecule has 3 rings (SSSR count). The van der Waals surface area contributed by atoms with Crippen molar-refractivity contribution in [2.75, 3.05) is 0 Å². The van der Waals surface area contributed by atoms with Gasteiger partial charge in [-0.3, -0.25) is 0 Å². The molecule has 0 atom stereocenters. The van der Waals surface area contributed by atoms with Crippen LogP contribution in [0.15, 0.2) is 66.7 Å². The Morgan fingerprint density at radius 1 is 1.04 bits per heavy atom. The van der Waals surface area contributed by atoms with E-state index in [9.17, 15) is 9.18 Å². The van der Waals surface area contributed by atoms with Gasteiger partial charge in [-0.15, -0.1) is 12.3 Å². The van der Waals surface area contributed by atoms with Gasteiger partial charge in [0.1, 0.15) is 11.6 Å². The number of ether oxygens (including phenoxy) is 1. The van der Waals surface area contributed by atoms with E-state index in [2.05, 4.69) is 5.92 Å². The Balaban J connectivity index is 1.74. The Bertz CT molecular complexity index is 980. The van der Waals surface area contributed by atoms with Crippen LogP contribution in [0.1, 0.15) is 27.9 Å². The molecule has 134 valence electrons. The van der Waals surface area contributed by atoms with E-state index in [1.807, 2.05) is 25.1 Å². The van der Waals surface area contributed by atoms with Crippen molar-refractivity contribution in [1.29, 1.82) is 0 Å². The summed E-state index contributed by atoms with van der Waals surface area (Å²) in [7, 11) is 0. The molecule has 3 heteroatoms. The zero-order valence-corrected chi connectivity index (χ0v) is 15.0. The molecule has 0 amide bonds. The fourth-order valence-electron chi connectivity index (χ4n) is 2.72. The van der Waals surface area contributed by atoms with Crippen molar-refractivity contribution in [3.05, 3.63) is 89.2 Å². The molecule has 0 bridgehead atoms.